The van der Waals surface area contributed by atoms with Crippen LogP contribution in [0.3, 0.4) is 0 Å². The van der Waals surface area contributed by atoms with Crippen LogP contribution in [0.25, 0.3) is 6.08 Å². The highest BCUT2D eigenvalue weighted by Crippen LogP contribution is 2.26. The molecule has 2 aliphatic heterocycles. The number of hydrogen-bond donors (Lipinski definition) is 0. The average Bonchev–Trinajstić information content (AvgIpc) is 2.85. The Morgan fingerprint density at radius 1 is 1.35 bits per heavy atom. The first-order valence-corrected chi connectivity index (χ1v) is 6.87. The van der Waals surface area contributed by atoms with Gasteiger partial charge in [0.1, 0.15) is 11.5 Å². The topological polar surface area (TPSA) is 32.7 Å². The third-order valence-corrected chi connectivity index (χ3v) is 3.98. The van der Waals surface area contributed by atoms with Gasteiger partial charge in [0, 0.05) is 17.8 Å². The average molecular weight is 246 g/mol. The van der Waals surface area contributed by atoms with E-state index in [-0.39, 0.29) is 5.91 Å². The van der Waals surface area contributed by atoms with Gasteiger partial charge in [-0.2, -0.15) is 4.99 Å². The van der Waals surface area contributed by atoms with Gasteiger partial charge in [-0.1, -0.05) is 12.5 Å². The molecule has 0 saturated carbocycles. The second-order valence-electron chi connectivity index (χ2n) is 4.34. The summed E-state index contributed by atoms with van der Waals surface area (Å²) in [5.74, 6) is 0.894. The largest absolute Gasteiger partial charge is 0.325 e. The van der Waals surface area contributed by atoms with E-state index >= 15 is 0 Å². The molecule has 1 saturated heterocycles. The number of aliphatic imine (C=N–C) groups is 1. The van der Waals surface area contributed by atoms with Crippen LogP contribution in [0.2, 0.25) is 0 Å². The zero-order valence-corrected chi connectivity index (χ0v) is 10.4. The Hall–Kier alpha value is -1.42. The van der Waals surface area contributed by atoms with E-state index in [1.54, 1.807) is 11.3 Å². The lowest BCUT2D eigenvalue weighted by atomic mass is 10.2. The van der Waals surface area contributed by atoms with Gasteiger partial charge in [0.25, 0.3) is 5.91 Å². The predicted octanol–water partition coefficient (Wildman–Crippen LogP) is 2.90. The number of carbonyl (C=O) groups excluding carboxylic acids is 1. The molecular weight excluding hydrogens is 232 g/mol. The van der Waals surface area contributed by atoms with Crippen LogP contribution in [0.1, 0.15) is 30.6 Å². The molecule has 1 amide bonds. The molecule has 4 heteroatoms. The Bertz CT molecular complexity index is 488. The molecule has 1 fully saturated rings. The number of thiophene rings is 1. The minimum atomic E-state index is -0.0738. The van der Waals surface area contributed by atoms with Gasteiger partial charge in [0.05, 0.1) is 0 Å². The van der Waals surface area contributed by atoms with Crippen LogP contribution in [0.4, 0.5) is 0 Å². The number of nitrogens with zero attached hydrogens (tertiary/aromatic N) is 2. The normalized spacial score (nSPS) is 22.6. The fourth-order valence-electron chi connectivity index (χ4n) is 2.31. The molecule has 0 atom stereocenters. The molecule has 0 bridgehead atoms. The summed E-state index contributed by atoms with van der Waals surface area (Å²) in [4.78, 5) is 19.3. The number of carbonyl (C=O) groups is 1. The zero-order chi connectivity index (χ0) is 11.7. The van der Waals surface area contributed by atoms with Gasteiger partial charge in [0.15, 0.2) is 0 Å². The lowest BCUT2D eigenvalue weighted by Crippen LogP contribution is -2.26. The van der Waals surface area contributed by atoms with Crippen LogP contribution < -0.4 is 0 Å². The van der Waals surface area contributed by atoms with E-state index in [2.05, 4.69) is 9.89 Å². The first-order valence-electron chi connectivity index (χ1n) is 5.99. The van der Waals surface area contributed by atoms with Crippen molar-refractivity contribution < 1.29 is 4.79 Å². The number of fused-ring (bicyclic) bond motifs is 1. The summed E-state index contributed by atoms with van der Waals surface area (Å²) < 4.78 is 0. The quantitative estimate of drug-likeness (QED) is 0.714. The standard InChI is InChI=1S/C13H14N2OS/c16-13-11(9-10-5-4-8-17-10)15-7-3-1-2-6-12(15)14-13/h4-5,8-9H,1-3,6-7H2/b11-9+. The molecule has 0 N–H and O–H groups in total. The van der Waals surface area contributed by atoms with Gasteiger partial charge in [-0.05, 0) is 30.4 Å². The molecule has 3 rings (SSSR count). The first kappa shape index (κ1) is 10.7. The van der Waals surface area contributed by atoms with E-state index in [1.807, 2.05) is 23.6 Å². The summed E-state index contributed by atoms with van der Waals surface area (Å²) in [7, 11) is 0. The molecule has 17 heavy (non-hydrogen) atoms. The molecule has 0 radical (unpaired) electrons. The molecule has 0 aliphatic carbocycles. The summed E-state index contributed by atoms with van der Waals surface area (Å²) in [6.45, 7) is 0.932. The molecule has 3 nitrogen and oxygen atoms in total. The second-order valence-corrected chi connectivity index (χ2v) is 5.32. The Morgan fingerprint density at radius 2 is 2.29 bits per heavy atom. The van der Waals surface area contributed by atoms with Crippen molar-refractivity contribution in [3.8, 4) is 0 Å². The maximum absolute atomic E-state index is 11.9. The molecule has 88 valence electrons. The van der Waals surface area contributed by atoms with Gasteiger partial charge in [-0.3, -0.25) is 4.79 Å². The molecule has 0 aromatic carbocycles. The Morgan fingerprint density at radius 3 is 3.12 bits per heavy atom. The SMILES string of the molecule is O=C1N=C2CCCCCN2/C1=C/c1cccs1. The van der Waals surface area contributed by atoms with Gasteiger partial charge >= 0.3 is 0 Å². The lowest BCUT2D eigenvalue weighted by Gasteiger charge is -2.18. The van der Waals surface area contributed by atoms with Crippen molar-refractivity contribution in [1.29, 1.82) is 0 Å². The summed E-state index contributed by atoms with van der Waals surface area (Å²) in [5.41, 5.74) is 0.754. The zero-order valence-electron chi connectivity index (χ0n) is 9.56. The fourth-order valence-corrected chi connectivity index (χ4v) is 2.96. The van der Waals surface area contributed by atoms with E-state index in [0.29, 0.717) is 0 Å². The lowest BCUT2D eigenvalue weighted by molar-refractivity contribution is -0.114. The smallest absolute Gasteiger partial charge is 0.295 e. The van der Waals surface area contributed by atoms with Crippen molar-refractivity contribution in [2.75, 3.05) is 6.54 Å². The maximum atomic E-state index is 11.9. The molecule has 0 spiro atoms. The highest BCUT2D eigenvalue weighted by molar-refractivity contribution is 7.10. The number of amidine groups is 1. The van der Waals surface area contributed by atoms with E-state index in [1.165, 1.54) is 6.42 Å². The van der Waals surface area contributed by atoms with E-state index in [4.69, 9.17) is 0 Å². The van der Waals surface area contributed by atoms with Crippen molar-refractivity contribution in [1.82, 2.24) is 4.90 Å². The van der Waals surface area contributed by atoms with Crippen LogP contribution in [0, 0.1) is 0 Å². The Labute approximate surface area is 104 Å². The van der Waals surface area contributed by atoms with Gasteiger partial charge in [-0.25, -0.2) is 0 Å². The van der Waals surface area contributed by atoms with Gasteiger partial charge in [-0.15, -0.1) is 11.3 Å². The van der Waals surface area contributed by atoms with Crippen LogP contribution in [-0.4, -0.2) is 23.2 Å². The van der Waals surface area contributed by atoms with Gasteiger partial charge in [0.2, 0.25) is 0 Å². The third-order valence-electron chi connectivity index (χ3n) is 3.16. The van der Waals surface area contributed by atoms with Crippen LogP contribution in [0.15, 0.2) is 28.2 Å². The van der Waals surface area contributed by atoms with E-state index < -0.39 is 0 Å². The van der Waals surface area contributed by atoms with Crippen molar-refractivity contribution in [3.05, 3.63) is 28.1 Å². The molecular formula is C13H14N2OS. The number of amides is 1. The van der Waals surface area contributed by atoms with Crippen molar-refractivity contribution in [2.45, 2.75) is 25.7 Å². The number of rotatable bonds is 1. The van der Waals surface area contributed by atoms with Crippen LogP contribution in [0.5, 0.6) is 0 Å². The second kappa shape index (κ2) is 4.45. The van der Waals surface area contributed by atoms with Crippen molar-refractivity contribution in [3.63, 3.8) is 0 Å². The van der Waals surface area contributed by atoms with E-state index in [0.717, 1.165) is 42.2 Å². The Kier molecular flexibility index (Phi) is 2.81. The first-order chi connectivity index (χ1) is 8.34. The summed E-state index contributed by atoms with van der Waals surface area (Å²) in [5, 5.41) is 2.02. The summed E-state index contributed by atoms with van der Waals surface area (Å²) in [6, 6.07) is 4.03. The third kappa shape index (κ3) is 2.05. The molecule has 2 aliphatic rings. The summed E-state index contributed by atoms with van der Waals surface area (Å²) >= 11 is 1.65. The minimum Gasteiger partial charge on any atom is -0.325 e. The molecule has 3 heterocycles. The van der Waals surface area contributed by atoms with Crippen molar-refractivity contribution in [2.24, 2.45) is 4.99 Å². The summed E-state index contributed by atoms with van der Waals surface area (Å²) in [6.07, 6.45) is 6.43. The monoisotopic (exact) mass is 246 g/mol. The highest BCUT2D eigenvalue weighted by atomic mass is 32.1. The fraction of sp³-hybridized carbons (Fsp3) is 0.385. The van der Waals surface area contributed by atoms with Crippen molar-refractivity contribution >= 4 is 29.2 Å². The number of hydrogen-bond acceptors (Lipinski definition) is 3. The van der Waals surface area contributed by atoms with Crippen LogP contribution in [-0.2, 0) is 4.79 Å². The van der Waals surface area contributed by atoms with Crippen LogP contribution >= 0.6 is 11.3 Å². The Balaban J connectivity index is 1.93. The minimum absolute atomic E-state index is 0.0738. The maximum Gasteiger partial charge on any atom is 0.295 e. The molecule has 1 aromatic rings. The van der Waals surface area contributed by atoms with E-state index in [9.17, 15) is 4.79 Å². The van der Waals surface area contributed by atoms with Gasteiger partial charge < -0.3 is 4.90 Å². The molecule has 0 unspecified atom stereocenters. The molecule has 1 aromatic heterocycles. The highest BCUT2D eigenvalue weighted by Gasteiger charge is 2.29. The predicted molar refractivity (Wildman–Crippen MR) is 69.9 cm³/mol.